The van der Waals surface area contributed by atoms with Crippen LogP contribution in [0.2, 0.25) is 0 Å². The number of hydrogen-bond acceptors (Lipinski definition) is 2. The van der Waals surface area contributed by atoms with Crippen molar-refractivity contribution >= 4 is 5.91 Å². The molecule has 1 amide bonds. The van der Waals surface area contributed by atoms with Crippen molar-refractivity contribution in [3.63, 3.8) is 0 Å². The molecular formula is C10H20N2O. The smallest absolute Gasteiger partial charge is 0.238 e. The van der Waals surface area contributed by atoms with Crippen molar-refractivity contribution in [2.24, 2.45) is 0 Å². The zero-order chi connectivity index (χ0) is 10.2. The predicted molar refractivity (Wildman–Crippen MR) is 53.3 cm³/mol. The highest BCUT2D eigenvalue weighted by Gasteiger charge is 2.34. The van der Waals surface area contributed by atoms with Gasteiger partial charge in [0.05, 0.1) is 13.2 Å². The van der Waals surface area contributed by atoms with Gasteiger partial charge in [0.25, 0.3) is 0 Å². The molecule has 0 spiro atoms. The molecule has 76 valence electrons. The molecular weight excluding hydrogens is 164 g/mol. The summed E-state index contributed by atoms with van der Waals surface area (Å²) in [5.41, 5.74) is 0.0965. The second-order valence-corrected chi connectivity index (χ2v) is 4.97. The zero-order valence-corrected chi connectivity index (χ0v) is 9.29. The molecule has 13 heavy (non-hydrogen) atoms. The Kier molecular flexibility index (Phi) is 2.66. The van der Waals surface area contributed by atoms with Gasteiger partial charge in [-0.2, -0.15) is 0 Å². The first-order valence-corrected chi connectivity index (χ1v) is 4.87. The van der Waals surface area contributed by atoms with Crippen molar-refractivity contribution in [1.29, 1.82) is 0 Å². The third kappa shape index (κ3) is 2.21. The van der Waals surface area contributed by atoms with Crippen LogP contribution in [0.15, 0.2) is 0 Å². The molecule has 1 rings (SSSR count). The number of carbonyl (C=O) groups is 1. The Balaban J connectivity index is 2.66. The molecule has 0 aliphatic carbocycles. The molecule has 1 heterocycles. The maximum Gasteiger partial charge on any atom is 0.238 e. The SMILES string of the molecule is CC(C)N1CN(C(C)(C)C)CC1=O. The number of hydrogen-bond donors (Lipinski definition) is 0. The standard InChI is InChI=1S/C10H20N2O/c1-8(2)12-7-11(6-9(12)13)10(3,4)5/h8H,6-7H2,1-5H3. The number of nitrogens with zero attached hydrogens (tertiary/aromatic N) is 2. The highest BCUT2D eigenvalue weighted by molar-refractivity contribution is 5.80. The number of rotatable bonds is 1. The molecule has 0 aromatic heterocycles. The maximum absolute atomic E-state index is 11.6. The molecule has 0 aromatic carbocycles. The van der Waals surface area contributed by atoms with Crippen LogP contribution in [0.25, 0.3) is 0 Å². The maximum atomic E-state index is 11.6. The van der Waals surface area contributed by atoms with Gasteiger partial charge in [-0.15, -0.1) is 0 Å². The quantitative estimate of drug-likeness (QED) is 0.613. The Hall–Kier alpha value is -0.570. The van der Waals surface area contributed by atoms with E-state index in [9.17, 15) is 4.79 Å². The lowest BCUT2D eigenvalue weighted by Crippen LogP contribution is -2.41. The second kappa shape index (κ2) is 3.29. The van der Waals surface area contributed by atoms with Crippen molar-refractivity contribution < 1.29 is 4.79 Å². The van der Waals surface area contributed by atoms with E-state index in [4.69, 9.17) is 0 Å². The van der Waals surface area contributed by atoms with Gasteiger partial charge in [0.1, 0.15) is 0 Å². The Labute approximate surface area is 80.7 Å². The van der Waals surface area contributed by atoms with Crippen LogP contribution < -0.4 is 0 Å². The summed E-state index contributed by atoms with van der Waals surface area (Å²) >= 11 is 0. The van der Waals surface area contributed by atoms with Crippen molar-refractivity contribution in [3.05, 3.63) is 0 Å². The fourth-order valence-electron chi connectivity index (χ4n) is 1.47. The zero-order valence-electron chi connectivity index (χ0n) is 9.29. The summed E-state index contributed by atoms with van der Waals surface area (Å²) in [5, 5.41) is 0. The number of amides is 1. The second-order valence-electron chi connectivity index (χ2n) is 4.97. The Morgan fingerprint density at radius 1 is 1.31 bits per heavy atom. The molecule has 0 bridgehead atoms. The molecule has 3 nitrogen and oxygen atoms in total. The van der Waals surface area contributed by atoms with Crippen LogP contribution in [0, 0.1) is 0 Å². The van der Waals surface area contributed by atoms with Gasteiger partial charge >= 0.3 is 0 Å². The minimum Gasteiger partial charge on any atom is -0.326 e. The van der Waals surface area contributed by atoms with E-state index in [-0.39, 0.29) is 11.4 Å². The average molecular weight is 184 g/mol. The van der Waals surface area contributed by atoms with Gasteiger partial charge < -0.3 is 4.90 Å². The first kappa shape index (κ1) is 10.5. The Morgan fingerprint density at radius 3 is 2.08 bits per heavy atom. The highest BCUT2D eigenvalue weighted by Crippen LogP contribution is 2.20. The molecule has 1 aliphatic rings. The molecule has 0 unspecified atom stereocenters. The monoisotopic (exact) mass is 184 g/mol. The van der Waals surface area contributed by atoms with Crippen molar-refractivity contribution in [1.82, 2.24) is 9.80 Å². The molecule has 0 saturated carbocycles. The fourth-order valence-corrected chi connectivity index (χ4v) is 1.47. The van der Waals surface area contributed by atoms with Crippen molar-refractivity contribution in [2.45, 2.75) is 46.2 Å². The lowest BCUT2D eigenvalue weighted by atomic mass is 10.1. The molecule has 0 radical (unpaired) electrons. The van der Waals surface area contributed by atoms with Crippen LogP contribution in [0.1, 0.15) is 34.6 Å². The van der Waals surface area contributed by atoms with E-state index in [2.05, 4.69) is 39.5 Å². The molecule has 0 atom stereocenters. The molecule has 1 saturated heterocycles. The van der Waals surface area contributed by atoms with Crippen molar-refractivity contribution in [3.8, 4) is 0 Å². The molecule has 0 aromatic rings. The van der Waals surface area contributed by atoms with E-state index in [0.29, 0.717) is 12.6 Å². The van der Waals surface area contributed by atoms with Crippen LogP contribution >= 0.6 is 0 Å². The largest absolute Gasteiger partial charge is 0.326 e. The van der Waals surface area contributed by atoms with Crippen LogP contribution in [0.5, 0.6) is 0 Å². The van der Waals surface area contributed by atoms with E-state index in [1.807, 2.05) is 4.90 Å². The van der Waals surface area contributed by atoms with E-state index in [1.165, 1.54) is 0 Å². The molecule has 3 heteroatoms. The lowest BCUT2D eigenvalue weighted by molar-refractivity contribution is -0.128. The third-order valence-corrected chi connectivity index (χ3v) is 2.54. The molecule has 1 fully saturated rings. The van der Waals surface area contributed by atoms with Crippen molar-refractivity contribution in [2.75, 3.05) is 13.2 Å². The van der Waals surface area contributed by atoms with Gasteiger partial charge in [-0.05, 0) is 34.6 Å². The van der Waals surface area contributed by atoms with Gasteiger partial charge in [0, 0.05) is 11.6 Å². The minimum atomic E-state index is 0.0965. The van der Waals surface area contributed by atoms with E-state index >= 15 is 0 Å². The summed E-state index contributed by atoms with van der Waals surface area (Å²) in [5.74, 6) is 0.255. The van der Waals surface area contributed by atoms with E-state index in [0.717, 1.165) is 6.67 Å². The first-order valence-electron chi connectivity index (χ1n) is 4.87. The number of carbonyl (C=O) groups excluding carboxylic acids is 1. The van der Waals surface area contributed by atoms with Gasteiger partial charge in [-0.3, -0.25) is 9.69 Å². The third-order valence-electron chi connectivity index (χ3n) is 2.54. The minimum absolute atomic E-state index is 0.0965. The van der Waals surface area contributed by atoms with E-state index in [1.54, 1.807) is 0 Å². The fraction of sp³-hybridized carbons (Fsp3) is 0.900. The summed E-state index contributed by atoms with van der Waals surface area (Å²) < 4.78 is 0. The Morgan fingerprint density at radius 2 is 1.85 bits per heavy atom. The highest BCUT2D eigenvalue weighted by atomic mass is 16.2. The topological polar surface area (TPSA) is 23.6 Å². The molecule has 1 aliphatic heterocycles. The summed E-state index contributed by atoms with van der Waals surface area (Å²) in [6, 6.07) is 0.319. The lowest BCUT2D eigenvalue weighted by Gasteiger charge is -2.31. The van der Waals surface area contributed by atoms with E-state index < -0.39 is 0 Å². The van der Waals surface area contributed by atoms with Gasteiger partial charge in [0.2, 0.25) is 5.91 Å². The van der Waals surface area contributed by atoms with Crippen LogP contribution in [-0.2, 0) is 4.79 Å². The van der Waals surface area contributed by atoms with Gasteiger partial charge in [-0.25, -0.2) is 0 Å². The summed E-state index contributed by atoms with van der Waals surface area (Å²) in [7, 11) is 0. The predicted octanol–water partition coefficient (Wildman–Crippen LogP) is 1.29. The van der Waals surface area contributed by atoms with Crippen LogP contribution in [0.4, 0.5) is 0 Å². The Bertz CT molecular complexity index is 205. The summed E-state index contributed by atoms with van der Waals surface area (Å²) in [6.07, 6.45) is 0. The molecule has 0 N–H and O–H groups in total. The van der Waals surface area contributed by atoms with Gasteiger partial charge in [0.15, 0.2) is 0 Å². The normalized spacial score (nSPS) is 20.5. The van der Waals surface area contributed by atoms with Gasteiger partial charge in [-0.1, -0.05) is 0 Å². The van der Waals surface area contributed by atoms with Crippen LogP contribution in [-0.4, -0.2) is 40.5 Å². The first-order chi connectivity index (χ1) is 5.82. The summed E-state index contributed by atoms with van der Waals surface area (Å²) in [6.45, 7) is 11.9. The summed E-state index contributed by atoms with van der Waals surface area (Å²) in [4.78, 5) is 15.7. The van der Waals surface area contributed by atoms with Crippen LogP contribution in [0.3, 0.4) is 0 Å². The average Bonchev–Trinajstić information content (AvgIpc) is 2.29.